The van der Waals surface area contributed by atoms with Gasteiger partial charge in [0.2, 0.25) is 5.76 Å². The van der Waals surface area contributed by atoms with Gasteiger partial charge in [-0.15, -0.1) is 0 Å². The molecule has 1 aliphatic heterocycles. The van der Waals surface area contributed by atoms with E-state index in [9.17, 15) is 14.4 Å². The normalized spacial score (nSPS) is 18.6. The summed E-state index contributed by atoms with van der Waals surface area (Å²) in [5, 5.41) is 0. The number of morpholine rings is 1. The van der Waals surface area contributed by atoms with Gasteiger partial charge in [-0.25, -0.2) is 14.4 Å². The van der Waals surface area contributed by atoms with Gasteiger partial charge in [0.15, 0.2) is 0 Å². The molecule has 1 fully saturated rings. The van der Waals surface area contributed by atoms with E-state index in [0.717, 1.165) is 26.6 Å². The Balaban J connectivity index is 2.96. The summed E-state index contributed by atoms with van der Waals surface area (Å²) in [6.07, 6.45) is 1.31. The lowest BCUT2D eigenvalue weighted by atomic mass is 10.2. The van der Waals surface area contributed by atoms with Gasteiger partial charge in [0.25, 0.3) is 0 Å². The van der Waals surface area contributed by atoms with E-state index in [-0.39, 0.29) is 18.8 Å². The smallest absolute Gasteiger partial charge is 0.411 e. The molecule has 1 saturated heterocycles. The van der Waals surface area contributed by atoms with Gasteiger partial charge in [0, 0.05) is 6.54 Å². The van der Waals surface area contributed by atoms with Gasteiger partial charge >= 0.3 is 18.0 Å². The van der Waals surface area contributed by atoms with Crippen molar-refractivity contribution in [3.63, 3.8) is 0 Å². The third kappa shape index (κ3) is 7.18. The minimum absolute atomic E-state index is 0.0974. The summed E-state index contributed by atoms with van der Waals surface area (Å²) in [7, 11) is 2.28. The molecule has 1 atom stereocenters. The van der Waals surface area contributed by atoms with E-state index >= 15 is 0 Å². The Morgan fingerprint density at radius 3 is 2.41 bits per heavy atom. The van der Waals surface area contributed by atoms with Crippen molar-refractivity contribution in [1.29, 1.82) is 0 Å². The van der Waals surface area contributed by atoms with Gasteiger partial charge in [-0.1, -0.05) is 0 Å². The Bertz CT molecular complexity index is 621. The van der Waals surface area contributed by atoms with Crippen molar-refractivity contribution < 1.29 is 38.1 Å². The average Bonchev–Trinajstić information content (AvgIpc) is 2.62. The van der Waals surface area contributed by atoms with E-state index in [1.54, 1.807) is 20.8 Å². The van der Waals surface area contributed by atoms with E-state index in [1.165, 1.54) is 4.90 Å². The van der Waals surface area contributed by atoms with E-state index < -0.39 is 35.4 Å². The van der Waals surface area contributed by atoms with Gasteiger partial charge in [-0.2, -0.15) is 0 Å². The van der Waals surface area contributed by atoms with Crippen molar-refractivity contribution in [3.05, 3.63) is 23.8 Å². The van der Waals surface area contributed by atoms with Crippen LogP contribution in [0.25, 0.3) is 0 Å². The fourth-order valence-electron chi connectivity index (χ4n) is 2.04. The van der Waals surface area contributed by atoms with E-state index in [1.807, 2.05) is 0 Å². The first-order chi connectivity index (χ1) is 12.6. The largest absolute Gasteiger partial charge is 0.466 e. The number of carbonyl (C=O) groups excluding carboxylic acids is 3. The van der Waals surface area contributed by atoms with Crippen molar-refractivity contribution in [2.24, 2.45) is 5.73 Å². The SMILES string of the molecule is COC(=O)/C=C(/O/C=C(\N)C1COCCN1C(=O)OC(C)(C)C)C(=O)OC. The number of ether oxygens (including phenoxy) is 5. The summed E-state index contributed by atoms with van der Waals surface area (Å²) < 4.78 is 24.9. The van der Waals surface area contributed by atoms with Crippen molar-refractivity contribution in [2.75, 3.05) is 34.0 Å². The Labute approximate surface area is 157 Å². The van der Waals surface area contributed by atoms with Crippen LogP contribution in [-0.2, 0) is 33.3 Å². The van der Waals surface area contributed by atoms with Crippen molar-refractivity contribution in [3.8, 4) is 0 Å². The molecule has 1 unspecified atom stereocenters. The third-order valence-electron chi connectivity index (χ3n) is 3.30. The van der Waals surface area contributed by atoms with Crippen LogP contribution >= 0.6 is 0 Å². The molecular formula is C17H26N2O8. The zero-order chi connectivity index (χ0) is 20.6. The van der Waals surface area contributed by atoms with Gasteiger partial charge in [0.05, 0.1) is 39.2 Å². The second-order valence-corrected chi connectivity index (χ2v) is 6.52. The van der Waals surface area contributed by atoms with Crippen LogP contribution in [0.15, 0.2) is 23.8 Å². The highest BCUT2D eigenvalue weighted by Gasteiger charge is 2.33. The standard InChI is InChI=1S/C17H26N2O8/c1-17(2,3)27-16(22)19-6-7-25-10-12(19)11(18)9-26-13(15(21)24-5)8-14(20)23-4/h8-9,12H,6-7,10,18H2,1-5H3/b11-9-,13-8+. The van der Waals surface area contributed by atoms with E-state index in [0.29, 0.717) is 6.61 Å². The second-order valence-electron chi connectivity index (χ2n) is 6.52. The molecule has 0 radical (unpaired) electrons. The van der Waals surface area contributed by atoms with Crippen LogP contribution in [0, 0.1) is 0 Å². The fourth-order valence-corrected chi connectivity index (χ4v) is 2.04. The Hall–Kier alpha value is -2.75. The lowest BCUT2D eigenvalue weighted by Crippen LogP contribution is -2.52. The summed E-state index contributed by atoms with van der Waals surface area (Å²) in [4.78, 5) is 36.8. The van der Waals surface area contributed by atoms with Crippen LogP contribution < -0.4 is 5.73 Å². The maximum absolute atomic E-state index is 12.4. The predicted molar refractivity (Wildman–Crippen MR) is 93.0 cm³/mol. The highest BCUT2D eigenvalue weighted by Crippen LogP contribution is 2.18. The Morgan fingerprint density at radius 2 is 1.85 bits per heavy atom. The number of esters is 2. The number of hydrogen-bond donors (Lipinski definition) is 1. The molecule has 10 nitrogen and oxygen atoms in total. The second kappa shape index (κ2) is 9.81. The number of hydrogen-bond acceptors (Lipinski definition) is 9. The molecule has 1 amide bonds. The number of methoxy groups -OCH3 is 2. The molecule has 0 saturated carbocycles. The molecule has 10 heteroatoms. The van der Waals surface area contributed by atoms with Crippen LogP contribution in [0.4, 0.5) is 4.79 Å². The molecule has 27 heavy (non-hydrogen) atoms. The molecule has 0 aromatic heterocycles. The molecule has 152 valence electrons. The van der Waals surface area contributed by atoms with Crippen LogP contribution in [0.1, 0.15) is 20.8 Å². The molecular weight excluding hydrogens is 360 g/mol. The minimum Gasteiger partial charge on any atom is -0.466 e. The fraction of sp³-hybridized carbons (Fsp3) is 0.588. The average molecular weight is 386 g/mol. The monoisotopic (exact) mass is 386 g/mol. The Kier molecular flexibility index (Phi) is 8.10. The third-order valence-corrected chi connectivity index (χ3v) is 3.30. The molecule has 1 rings (SSSR count). The van der Waals surface area contributed by atoms with E-state index in [4.69, 9.17) is 19.9 Å². The highest BCUT2D eigenvalue weighted by molar-refractivity contribution is 5.94. The molecule has 0 aliphatic carbocycles. The molecule has 0 aromatic carbocycles. The summed E-state index contributed by atoms with van der Waals surface area (Å²) in [5.41, 5.74) is 5.43. The van der Waals surface area contributed by atoms with Gasteiger partial charge in [-0.05, 0) is 20.8 Å². The first-order valence-corrected chi connectivity index (χ1v) is 8.16. The van der Waals surface area contributed by atoms with Gasteiger partial charge < -0.3 is 29.4 Å². The van der Waals surface area contributed by atoms with Crippen LogP contribution in [-0.4, -0.2) is 68.6 Å². The zero-order valence-corrected chi connectivity index (χ0v) is 16.1. The number of nitrogens with zero attached hydrogens (tertiary/aromatic N) is 1. The van der Waals surface area contributed by atoms with Crippen molar-refractivity contribution in [1.82, 2.24) is 4.90 Å². The first kappa shape index (κ1) is 22.3. The molecule has 0 aromatic rings. The molecule has 0 spiro atoms. The molecule has 1 heterocycles. The van der Waals surface area contributed by atoms with Crippen molar-refractivity contribution in [2.45, 2.75) is 32.4 Å². The lowest BCUT2D eigenvalue weighted by Gasteiger charge is -2.36. The number of nitrogens with two attached hydrogens (primary N) is 1. The molecule has 1 aliphatic rings. The maximum atomic E-state index is 12.4. The summed E-state index contributed by atoms with van der Waals surface area (Å²) in [5.74, 6) is -2.13. The summed E-state index contributed by atoms with van der Waals surface area (Å²) in [6.45, 7) is 5.99. The lowest BCUT2D eigenvalue weighted by molar-refractivity contribution is -0.141. The minimum atomic E-state index is -0.895. The van der Waals surface area contributed by atoms with Gasteiger partial charge in [0.1, 0.15) is 17.9 Å². The summed E-state index contributed by atoms with van der Waals surface area (Å²) >= 11 is 0. The van der Waals surface area contributed by atoms with Crippen molar-refractivity contribution >= 4 is 18.0 Å². The van der Waals surface area contributed by atoms with E-state index in [2.05, 4.69) is 9.47 Å². The maximum Gasteiger partial charge on any atom is 0.411 e. The first-order valence-electron chi connectivity index (χ1n) is 8.16. The number of rotatable bonds is 5. The Morgan fingerprint density at radius 1 is 1.19 bits per heavy atom. The topological polar surface area (TPSA) is 127 Å². The van der Waals surface area contributed by atoms with Gasteiger partial charge in [-0.3, -0.25) is 4.90 Å². The quantitative estimate of drug-likeness (QED) is 0.314. The zero-order valence-electron chi connectivity index (χ0n) is 16.1. The van der Waals surface area contributed by atoms with Crippen LogP contribution in [0.3, 0.4) is 0 Å². The van der Waals surface area contributed by atoms with Crippen LogP contribution in [0.2, 0.25) is 0 Å². The molecule has 2 N–H and O–H groups in total. The molecule has 0 bridgehead atoms. The predicted octanol–water partition coefficient (Wildman–Crippen LogP) is 0.669. The number of carbonyl (C=O) groups is 3. The number of amides is 1. The summed E-state index contributed by atoms with van der Waals surface area (Å²) in [6, 6.07) is -0.661. The van der Waals surface area contributed by atoms with Crippen LogP contribution in [0.5, 0.6) is 0 Å². The highest BCUT2D eigenvalue weighted by atomic mass is 16.6.